The van der Waals surface area contributed by atoms with E-state index in [9.17, 15) is 9.18 Å². The predicted octanol–water partition coefficient (Wildman–Crippen LogP) is 2.65. The van der Waals surface area contributed by atoms with E-state index in [-0.39, 0.29) is 18.3 Å². The van der Waals surface area contributed by atoms with Gasteiger partial charge in [-0.3, -0.25) is 4.79 Å². The molecule has 134 valence electrons. The number of likely N-dealkylation sites (tertiary alicyclic amines) is 1. The number of para-hydroxylation sites is 1. The van der Waals surface area contributed by atoms with E-state index in [0.717, 1.165) is 24.2 Å². The average molecular weight is 354 g/mol. The molecule has 0 radical (unpaired) electrons. The van der Waals surface area contributed by atoms with Crippen LogP contribution in [0.25, 0.3) is 5.65 Å². The number of rotatable bonds is 4. The van der Waals surface area contributed by atoms with E-state index in [1.54, 1.807) is 29.4 Å². The third-order valence-corrected chi connectivity index (χ3v) is 4.77. The molecule has 0 unspecified atom stereocenters. The molecule has 0 saturated carbocycles. The van der Waals surface area contributed by atoms with E-state index in [1.165, 1.54) is 12.1 Å². The molecule has 0 bridgehead atoms. The van der Waals surface area contributed by atoms with E-state index >= 15 is 0 Å². The molecule has 1 saturated heterocycles. The van der Waals surface area contributed by atoms with Crippen molar-refractivity contribution in [1.29, 1.82) is 0 Å². The number of nitrogens with zero attached hydrogens (tertiary/aromatic N) is 4. The lowest BCUT2D eigenvalue weighted by Crippen LogP contribution is -2.40. The standard InChI is InChI=1S/C19H19FN4O2/c20-15-3-1-2-4-17(15)26-13-19(25)23-11-7-14(8-12-23)16-5-9-21-18-6-10-22-24(16)18/h1-6,9-10,14H,7-8,11-13H2. The summed E-state index contributed by atoms with van der Waals surface area (Å²) in [7, 11) is 0. The minimum absolute atomic E-state index is 0.105. The minimum Gasteiger partial charge on any atom is -0.481 e. The Balaban J connectivity index is 1.35. The molecular weight excluding hydrogens is 335 g/mol. The summed E-state index contributed by atoms with van der Waals surface area (Å²) in [6.07, 6.45) is 5.24. The number of hydrogen-bond acceptors (Lipinski definition) is 4. The van der Waals surface area contributed by atoms with Gasteiger partial charge in [0, 0.05) is 37.0 Å². The van der Waals surface area contributed by atoms with Crippen molar-refractivity contribution in [3.63, 3.8) is 0 Å². The third-order valence-electron chi connectivity index (χ3n) is 4.77. The Kier molecular flexibility index (Phi) is 4.51. The van der Waals surface area contributed by atoms with Crippen molar-refractivity contribution in [3.05, 3.63) is 60.3 Å². The number of fused-ring (bicyclic) bond motifs is 1. The van der Waals surface area contributed by atoms with Crippen LogP contribution in [0.5, 0.6) is 5.75 Å². The Labute approximate surface area is 150 Å². The minimum atomic E-state index is -0.458. The first kappa shape index (κ1) is 16.5. The monoisotopic (exact) mass is 354 g/mol. The van der Waals surface area contributed by atoms with Gasteiger partial charge in [0.05, 0.1) is 6.20 Å². The summed E-state index contributed by atoms with van der Waals surface area (Å²) in [5.74, 6) is -0.142. The van der Waals surface area contributed by atoms with Crippen LogP contribution in [0.4, 0.5) is 4.39 Å². The van der Waals surface area contributed by atoms with Crippen molar-refractivity contribution >= 4 is 11.6 Å². The summed E-state index contributed by atoms with van der Waals surface area (Å²) in [4.78, 5) is 18.4. The zero-order valence-corrected chi connectivity index (χ0v) is 14.2. The first-order valence-corrected chi connectivity index (χ1v) is 8.66. The number of carbonyl (C=O) groups is 1. The molecule has 2 aromatic heterocycles. The SMILES string of the molecule is O=C(COc1ccccc1F)N1CCC(c2ccnc3ccnn23)CC1. The van der Waals surface area contributed by atoms with Crippen molar-refractivity contribution in [2.45, 2.75) is 18.8 Å². The van der Waals surface area contributed by atoms with Gasteiger partial charge in [0.15, 0.2) is 23.8 Å². The highest BCUT2D eigenvalue weighted by atomic mass is 19.1. The van der Waals surface area contributed by atoms with Crippen LogP contribution >= 0.6 is 0 Å². The molecule has 26 heavy (non-hydrogen) atoms. The fourth-order valence-corrected chi connectivity index (χ4v) is 3.38. The number of aromatic nitrogens is 3. The van der Waals surface area contributed by atoms with Gasteiger partial charge in [0.1, 0.15) is 0 Å². The number of piperidine rings is 1. The van der Waals surface area contributed by atoms with E-state index in [1.807, 2.05) is 16.6 Å². The fraction of sp³-hybridized carbons (Fsp3) is 0.316. The van der Waals surface area contributed by atoms with Crippen LogP contribution in [0, 0.1) is 5.82 Å². The second kappa shape index (κ2) is 7.11. The summed E-state index contributed by atoms with van der Waals surface area (Å²) >= 11 is 0. The van der Waals surface area contributed by atoms with Gasteiger partial charge in [-0.15, -0.1) is 0 Å². The molecular formula is C19H19FN4O2. The zero-order chi connectivity index (χ0) is 17.9. The Morgan fingerprint density at radius 3 is 2.77 bits per heavy atom. The highest BCUT2D eigenvalue weighted by Crippen LogP contribution is 2.28. The predicted molar refractivity (Wildman–Crippen MR) is 93.4 cm³/mol. The van der Waals surface area contributed by atoms with Crippen LogP contribution in [-0.4, -0.2) is 45.1 Å². The molecule has 0 aliphatic carbocycles. The van der Waals surface area contributed by atoms with Gasteiger partial charge in [-0.05, 0) is 31.0 Å². The Bertz CT molecular complexity index is 919. The highest BCUT2D eigenvalue weighted by molar-refractivity contribution is 5.77. The molecule has 7 heteroatoms. The van der Waals surface area contributed by atoms with Crippen molar-refractivity contribution < 1.29 is 13.9 Å². The molecule has 6 nitrogen and oxygen atoms in total. The van der Waals surface area contributed by atoms with Crippen molar-refractivity contribution in [1.82, 2.24) is 19.5 Å². The van der Waals surface area contributed by atoms with Gasteiger partial charge in [-0.25, -0.2) is 13.9 Å². The number of halogens is 1. The van der Waals surface area contributed by atoms with Gasteiger partial charge in [0.2, 0.25) is 0 Å². The summed E-state index contributed by atoms with van der Waals surface area (Å²) in [6, 6.07) is 9.97. The molecule has 1 fully saturated rings. The quantitative estimate of drug-likeness (QED) is 0.723. The number of ether oxygens (including phenoxy) is 1. The zero-order valence-electron chi connectivity index (χ0n) is 14.2. The lowest BCUT2D eigenvalue weighted by molar-refractivity contribution is -0.134. The Hall–Kier alpha value is -2.96. The summed E-state index contributed by atoms with van der Waals surface area (Å²) < 4.78 is 20.7. The number of amides is 1. The van der Waals surface area contributed by atoms with Crippen LogP contribution in [-0.2, 0) is 4.79 Å². The molecule has 4 rings (SSSR count). The van der Waals surface area contributed by atoms with Crippen molar-refractivity contribution in [3.8, 4) is 5.75 Å². The van der Waals surface area contributed by atoms with Crippen molar-refractivity contribution in [2.24, 2.45) is 0 Å². The molecule has 1 aliphatic rings. The normalized spacial score (nSPS) is 15.3. The van der Waals surface area contributed by atoms with Crippen LogP contribution in [0.2, 0.25) is 0 Å². The lowest BCUT2D eigenvalue weighted by atomic mass is 9.93. The second-order valence-corrected chi connectivity index (χ2v) is 6.35. The van der Waals surface area contributed by atoms with E-state index < -0.39 is 5.82 Å². The molecule has 0 spiro atoms. The molecule has 1 aliphatic heterocycles. The van der Waals surface area contributed by atoms with Gasteiger partial charge < -0.3 is 9.64 Å². The molecule has 0 N–H and O–H groups in total. The molecule has 3 heterocycles. The average Bonchev–Trinajstić information content (AvgIpc) is 3.16. The van der Waals surface area contributed by atoms with E-state index in [0.29, 0.717) is 19.0 Å². The molecule has 0 atom stereocenters. The van der Waals surface area contributed by atoms with Crippen LogP contribution in [0.15, 0.2) is 48.8 Å². The first-order chi connectivity index (χ1) is 12.7. The maximum Gasteiger partial charge on any atom is 0.260 e. The Morgan fingerprint density at radius 2 is 1.96 bits per heavy atom. The topological polar surface area (TPSA) is 59.7 Å². The van der Waals surface area contributed by atoms with E-state index in [2.05, 4.69) is 10.1 Å². The summed E-state index contributed by atoms with van der Waals surface area (Å²) in [5.41, 5.74) is 1.95. The largest absolute Gasteiger partial charge is 0.481 e. The van der Waals surface area contributed by atoms with Crippen LogP contribution in [0.3, 0.4) is 0 Å². The number of carbonyl (C=O) groups excluding carboxylic acids is 1. The van der Waals surface area contributed by atoms with Gasteiger partial charge in [-0.2, -0.15) is 5.10 Å². The van der Waals surface area contributed by atoms with Gasteiger partial charge in [-0.1, -0.05) is 12.1 Å². The first-order valence-electron chi connectivity index (χ1n) is 8.66. The smallest absolute Gasteiger partial charge is 0.260 e. The summed E-state index contributed by atoms with van der Waals surface area (Å²) in [5, 5.41) is 4.34. The van der Waals surface area contributed by atoms with Crippen LogP contribution < -0.4 is 4.74 Å². The lowest BCUT2D eigenvalue weighted by Gasteiger charge is -2.32. The Morgan fingerprint density at radius 1 is 1.15 bits per heavy atom. The molecule has 1 aromatic carbocycles. The highest BCUT2D eigenvalue weighted by Gasteiger charge is 2.25. The van der Waals surface area contributed by atoms with Crippen molar-refractivity contribution in [2.75, 3.05) is 19.7 Å². The second-order valence-electron chi connectivity index (χ2n) is 6.35. The van der Waals surface area contributed by atoms with Gasteiger partial charge >= 0.3 is 0 Å². The number of benzene rings is 1. The molecule has 1 amide bonds. The maximum absolute atomic E-state index is 13.6. The third kappa shape index (κ3) is 3.24. The van der Waals surface area contributed by atoms with Crippen LogP contribution in [0.1, 0.15) is 24.5 Å². The van der Waals surface area contributed by atoms with E-state index in [4.69, 9.17) is 4.74 Å². The fourth-order valence-electron chi connectivity index (χ4n) is 3.38. The molecule has 3 aromatic rings. The van der Waals surface area contributed by atoms with Gasteiger partial charge in [0.25, 0.3) is 5.91 Å². The summed E-state index contributed by atoms with van der Waals surface area (Å²) in [6.45, 7) is 1.15. The maximum atomic E-state index is 13.6. The number of hydrogen-bond donors (Lipinski definition) is 0.